The highest BCUT2D eigenvalue weighted by atomic mass is 15.2. The third-order valence-corrected chi connectivity index (χ3v) is 4.00. The summed E-state index contributed by atoms with van der Waals surface area (Å²) in [5, 5.41) is 3.70. The van der Waals surface area contributed by atoms with Gasteiger partial charge in [0.05, 0.1) is 0 Å². The van der Waals surface area contributed by atoms with Crippen LogP contribution in [0.3, 0.4) is 0 Å². The van der Waals surface area contributed by atoms with Gasteiger partial charge >= 0.3 is 0 Å². The van der Waals surface area contributed by atoms with Crippen LogP contribution >= 0.6 is 0 Å². The van der Waals surface area contributed by atoms with Crippen molar-refractivity contribution < 1.29 is 0 Å². The first-order valence-electron chi connectivity index (χ1n) is 6.21. The molecule has 0 amide bonds. The summed E-state index contributed by atoms with van der Waals surface area (Å²) in [6.45, 7) is 9.48. The molecule has 1 aliphatic carbocycles. The minimum Gasteiger partial charge on any atom is -0.311 e. The quantitative estimate of drug-likeness (QED) is 0.741. The summed E-state index contributed by atoms with van der Waals surface area (Å²) in [7, 11) is 0. The molecule has 1 saturated heterocycles. The fraction of sp³-hybridized carbons (Fsp3) is 1.00. The first kappa shape index (κ1) is 10.4. The molecule has 1 aliphatic heterocycles. The van der Waals surface area contributed by atoms with Crippen LogP contribution in [0, 0.1) is 5.92 Å². The maximum absolute atomic E-state index is 3.70. The lowest BCUT2D eigenvalue weighted by Crippen LogP contribution is -2.58. The second-order valence-corrected chi connectivity index (χ2v) is 5.16. The Kier molecular flexibility index (Phi) is 3.13. The van der Waals surface area contributed by atoms with Crippen LogP contribution in [0.2, 0.25) is 0 Å². The second-order valence-electron chi connectivity index (χ2n) is 5.16. The predicted molar refractivity (Wildman–Crippen MR) is 60.4 cm³/mol. The van der Waals surface area contributed by atoms with Crippen molar-refractivity contribution in [3.63, 3.8) is 0 Å². The summed E-state index contributed by atoms with van der Waals surface area (Å²) in [5.74, 6) is 0.994. The van der Waals surface area contributed by atoms with E-state index < -0.39 is 0 Å². The summed E-state index contributed by atoms with van der Waals surface area (Å²) in [5.41, 5.74) is 0. The number of nitrogens with zero attached hydrogens (tertiary/aromatic N) is 1. The molecule has 3 unspecified atom stereocenters. The molecular weight excluding hydrogens is 172 g/mol. The Bertz CT molecular complexity index is 185. The van der Waals surface area contributed by atoms with Crippen molar-refractivity contribution in [2.45, 2.75) is 58.2 Å². The summed E-state index contributed by atoms with van der Waals surface area (Å²) in [6, 6.07) is 2.27. The lowest BCUT2D eigenvalue weighted by atomic mass is 10.0. The molecule has 0 aromatic heterocycles. The zero-order chi connectivity index (χ0) is 10.1. The first-order valence-corrected chi connectivity index (χ1v) is 6.21. The number of rotatable bonds is 3. The van der Waals surface area contributed by atoms with Crippen LogP contribution in [0.15, 0.2) is 0 Å². The van der Waals surface area contributed by atoms with Gasteiger partial charge in [0.1, 0.15) is 0 Å². The normalized spacial score (nSPS) is 37.1. The van der Waals surface area contributed by atoms with Gasteiger partial charge in [-0.1, -0.05) is 6.92 Å². The standard InChI is InChI=1S/C12H24N2/c1-4-9(2)14-8-12(11-5-6-11)13-7-10(14)3/h9-13H,4-8H2,1-3H3. The molecular formula is C12H24N2. The molecule has 2 fully saturated rings. The van der Waals surface area contributed by atoms with Crippen molar-refractivity contribution >= 4 is 0 Å². The highest BCUT2D eigenvalue weighted by molar-refractivity contribution is 4.94. The Morgan fingerprint density at radius 1 is 1.43 bits per heavy atom. The average Bonchev–Trinajstić information content (AvgIpc) is 3.01. The summed E-state index contributed by atoms with van der Waals surface area (Å²) in [6.07, 6.45) is 4.20. The van der Waals surface area contributed by atoms with Crippen molar-refractivity contribution in [3.05, 3.63) is 0 Å². The first-order chi connectivity index (χ1) is 6.72. The van der Waals surface area contributed by atoms with Crippen molar-refractivity contribution in [1.82, 2.24) is 10.2 Å². The Balaban J connectivity index is 1.92. The van der Waals surface area contributed by atoms with E-state index in [0.717, 1.165) is 24.0 Å². The molecule has 82 valence electrons. The minimum absolute atomic E-state index is 0.722. The van der Waals surface area contributed by atoms with Crippen molar-refractivity contribution in [2.75, 3.05) is 13.1 Å². The molecule has 0 aromatic rings. The second kappa shape index (κ2) is 4.19. The smallest absolute Gasteiger partial charge is 0.0224 e. The molecule has 0 aromatic carbocycles. The van der Waals surface area contributed by atoms with Crippen molar-refractivity contribution in [1.29, 1.82) is 0 Å². The predicted octanol–water partition coefficient (Wildman–Crippen LogP) is 1.86. The van der Waals surface area contributed by atoms with Crippen LogP contribution in [0.5, 0.6) is 0 Å². The number of hydrogen-bond donors (Lipinski definition) is 1. The molecule has 2 aliphatic rings. The van der Waals surface area contributed by atoms with Gasteiger partial charge in [0.15, 0.2) is 0 Å². The SMILES string of the molecule is CCC(C)N1CC(C2CC2)NCC1C. The molecule has 3 atom stereocenters. The van der Waals surface area contributed by atoms with Gasteiger partial charge in [0, 0.05) is 31.2 Å². The van der Waals surface area contributed by atoms with E-state index in [1.165, 1.54) is 32.4 Å². The van der Waals surface area contributed by atoms with Gasteiger partial charge in [-0.05, 0) is 39.0 Å². The maximum Gasteiger partial charge on any atom is 0.0224 e. The lowest BCUT2D eigenvalue weighted by molar-refractivity contribution is 0.0906. The highest BCUT2D eigenvalue weighted by Crippen LogP contribution is 2.34. The monoisotopic (exact) mass is 196 g/mol. The van der Waals surface area contributed by atoms with Gasteiger partial charge in [-0.25, -0.2) is 0 Å². The maximum atomic E-state index is 3.70. The Hall–Kier alpha value is -0.0800. The largest absolute Gasteiger partial charge is 0.311 e. The number of piperazine rings is 1. The summed E-state index contributed by atoms with van der Waals surface area (Å²) < 4.78 is 0. The topological polar surface area (TPSA) is 15.3 Å². The average molecular weight is 196 g/mol. The summed E-state index contributed by atoms with van der Waals surface area (Å²) in [4.78, 5) is 2.69. The van der Waals surface area contributed by atoms with E-state index in [4.69, 9.17) is 0 Å². The fourth-order valence-electron chi connectivity index (χ4n) is 2.57. The van der Waals surface area contributed by atoms with Gasteiger partial charge in [-0.2, -0.15) is 0 Å². The van der Waals surface area contributed by atoms with Crippen LogP contribution in [0.4, 0.5) is 0 Å². The highest BCUT2D eigenvalue weighted by Gasteiger charge is 2.36. The molecule has 1 N–H and O–H groups in total. The van der Waals surface area contributed by atoms with Crippen molar-refractivity contribution in [2.24, 2.45) is 5.92 Å². The zero-order valence-electron chi connectivity index (χ0n) is 9.79. The van der Waals surface area contributed by atoms with Crippen LogP contribution in [0.25, 0.3) is 0 Å². The Morgan fingerprint density at radius 2 is 2.14 bits per heavy atom. The van der Waals surface area contributed by atoms with E-state index in [-0.39, 0.29) is 0 Å². The molecule has 2 nitrogen and oxygen atoms in total. The number of nitrogens with one attached hydrogen (secondary N) is 1. The number of hydrogen-bond acceptors (Lipinski definition) is 2. The van der Waals surface area contributed by atoms with E-state index in [0.29, 0.717) is 0 Å². The molecule has 0 radical (unpaired) electrons. The van der Waals surface area contributed by atoms with Crippen LogP contribution in [-0.2, 0) is 0 Å². The molecule has 2 rings (SSSR count). The van der Waals surface area contributed by atoms with E-state index in [2.05, 4.69) is 31.0 Å². The molecule has 0 spiro atoms. The van der Waals surface area contributed by atoms with Gasteiger partial charge in [0.25, 0.3) is 0 Å². The summed E-state index contributed by atoms with van der Waals surface area (Å²) >= 11 is 0. The lowest BCUT2D eigenvalue weighted by Gasteiger charge is -2.42. The van der Waals surface area contributed by atoms with E-state index in [9.17, 15) is 0 Å². The van der Waals surface area contributed by atoms with Crippen LogP contribution in [0.1, 0.15) is 40.0 Å². The fourth-order valence-corrected chi connectivity index (χ4v) is 2.57. The van der Waals surface area contributed by atoms with Crippen molar-refractivity contribution in [3.8, 4) is 0 Å². The molecule has 0 bridgehead atoms. The van der Waals surface area contributed by atoms with E-state index >= 15 is 0 Å². The van der Waals surface area contributed by atoms with E-state index in [1.807, 2.05) is 0 Å². The minimum atomic E-state index is 0.722. The zero-order valence-corrected chi connectivity index (χ0v) is 9.79. The van der Waals surface area contributed by atoms with Gasteiger partial charge in [0.2, 0.25) is 0 Å². The molecule has 1 saturated carbocycles. The van der Waals surface area contributed by atoms with E-state index in [1.54, 1.807) is 0 Å². The Labute approximate surface area is 88.1 Å². The third kappa shape index (κ3) is 2.12. The Morgan fingerprint density at radius 3 is 2.71 bits per heavy atom. The molecule has 2 heteroatoms. The van der Waals surface area contributed by atoms with Gasteiger partial charge in [-0.15, -0.1) is 0 Å². The van der Waals surface area contributed by atoms with Gasteiger partial charge < -0.3 is 5.32 Å². The molecule has 1 heterocycles. The molecule has 14 heavy (non-hydrogen) atoms. The third-order valence-electron chi connectivity index (χ3n) is 4.00. The van der Waals surface area contributed by atoms with Gasteiger partial charge in [-0.3, -0.25) is 4.90 Å². The van der Waals surface area contributed by atoms with Crippen LogP contribution in [-0.4, -0.2) is 36.1 Å². The van der Waals surface area contributed by atoms with Crippen LogP contribution < -0.4 is 5.32 Å².